The van der Waals surface area contributed by atoms with Gasteiger partial charge in [0.15, 0.2) is 0 Å². The zero-order valence-corrected chi connectivity index (χ0v) is 7.79. The molecule has 1 nitrogen and oxygen atoms in total. The Morgan fingerprint density at radius 3 is 2.08 bits per heavy atom. The van der Waals surface area contributed by atoms with Gasteiger partial charge >= 0.3 is 0 Å². The third-order valence-corrected chi connectivity index (χ3v) is 1.32. The lowest BCUT2D eigenvalue weighted by atomic mass is 10.2. The smallest absolute Gasteiger partial charge is 0.0433 e. The van der Waals surface area contributed by atoms with Gasteiger partial charge in [-0.15, -0.1) is 0 Å². The minimum absolute atomic E-state index is 0.819. The lowest BCUT2D eigenvalue weighted by molar-refractivity contribution is 0.215. The molecule has 0 aliphatic rings. The van der Waals surface area contributed by atoms with Crippen molar-refractivity contribution in [1.29, 1.82) is 0 Å². The first kappa shape index (κ1) is 10.9. The molecule has 0 atom stereocenters. The lowest BCUT2D eigenvalue weighted by Crippen LogP contribution is -1.73. The van der Waals surface area contributed by atoms with Gasteiger partial charge in [-0.3, -0.25) is 0 Å². The van der Waals surface area contributed by atoms with Crippen molar-refractivity contribution in [1.82, 2.24) is 0 Å². The Morgan fingerprint density at radius 1 is 1.33 bits per heavy atom. The molecule has 0 saturated heterocycles. The fourth-order valence-corrected chi connectivity index (χ4v) is 0.589. The monoisotopic (exact) mass is 164 g/mol. The van der Waals surface area contributed by atoms with Crippen LogP contribution in [0.4, 0.5) is 0 Å². The molecule has 0 bridgehead atoms. The van der Waals surface area contributed by atoms with Crippen LogP contribution in [0.3, 0.4) is 0 Å². The zero-order chi connectivity index (χ0) is 9.23. The summed E-state index contributed by atoms with van der Waals surface area (Å²) in [5.41, 5.74) is 1.17. The molecule has 1 aromatic carbocycles. The topological polar surface area (TPSA) is 9.23 Å². The van der Waals surface area contributed by atoms with Crippen LogP contribution in [0.2, 0.25) is 0 Å². The van der Waals surface area contributed by atoms with Crippen LogP contribution in [0.1, 0.15) is 12.5 Å². The Kier molecular flexibility index (Phi) is 7.30. The molecule has 66 valence electrons. The standard InChI is InChI=1S/C8H8.C3H8O/c1-2-8-6-4-3-5-7-8;1-3-4-2/h2-7H,1H2;3H2,1-2H3. The summed E-state index contributed by atoms with van der Waals surface area (Å²) in [5, 5.41) is 0. The van der Waals surface area contributed by atoms with Crippen molar-refractivity contribution in [2.75, 3.05) is 13.7 Å². The molecule has 0 aromatic heterocycles. The SMILES string of the molecule is C=Cc1ccccc1.CCOC. The van der Waals surface area contributed by atoms with Gasteiger partial charge in [0.1, 0.15) is 0 Å². The van der Waals surface area contributed by atoms with Gasteiger partial charge in [-0.1, -0.05) is 43.0 Å². The highest BCUT2D eigenvalue weighted by Crippen LogP contribution is 1.97. The fraction of sp³-hybridized carbons (Fsp3) is 0.273. The second-order valence-corrected chi connectivity index (χ2v) is 2.19. The zero-order valence-electron chi connectivity index (χ0n) is 7.79. The molecule has 0 unspecified atom stereocenters. The summed E-state index contributed by atoms with van der Waals surface area (Å²) in [5.74, 6) is 0. The Hall–Kier alpha value is -1.08. The van der Waals surface area contributed by atoms with Crippen molar-refractivity contribution < 1.29 is 4.74 Å². The van der Waals surface area contributed by atoms with E-state index in [2.05, 4.69) is 11.3 Å². The molecular weight excluding hydrogens is 148 g/mol. The third kappa shape index (κ3) is 5.69. The molecule has 0 amide bonds. The summed E-state index contributed by atoms with van der Waals surface area (Å²) in [6, 6.07) is 10.0. The van der Waals surface area contributed by atoms with Crippen LogP contribution in [0, 0.1) is 0 Å². The molecule has 0 saturated carbocycles. The van der Waals surface area contributed by atoms with Crippen molar-refractivity contribution in [3.63, 3.8) is 0 Å². The number of hydrogen-bond donors (Lipinski definition) is 0. The highest BCUT2D eigenvalue weighted by Gasteiger charge is 1.75. The predicted molar refractivity (Wildman–Crippen MR) is 54.1 cm³/mol. The number of benzene rings is 1. The summed E-state index contributed by atoms with van der Waals surface area (Å²) < 4.78 is 4.54. The number of rotatable bonds is 2. The van der Waals surface area contributed by atoms with Gasteiger partial charge in [0.2, 0.25) is 0 Å². The fourth-order valence-electron chi connectivity index (χ4n) is 0.589. The second-order valence-electron chi connectivity index (χ2n) is 2.19. The maximum Gasteiger partial charge on any atom is 0.0433 e. The van der Waals surface area contributed by atoms with Gasteiger partial charge < -0.3 is 4.74 Å². The van der Waals surface area contributed by atoms with E-state index in [0.29, 0.717) is 0 Å². The van der Waals surface area contributed by atoms with Crippen LogP contribution in [0.25, 0.3) is 6.08 Å². The van der Waals surface area contributed by atoms with E-state index >= 15 is 0 Å². The molecule has 0 aliphatic heterocycles. The molecule has 0 heterocycles. The van der Waals surface area contributed by atoms with Crippen molar-refractivity contribution >= 4 is 6.08 Å². The largest absolute Gasteiger partial charge is 0.385 e. The van der Waals surface area contributed by atoms with Gasteiger partial charge in [-0.05, 0) is 12.5 Å². The molecule has 1 heteroatoms. The summed E-state index contributed by atoms with van der Waals surface area (Å²) in [4.78, 5) is 0. The normalized spacial score (nSPS) is 8.17. The Labute approximate surface area is 74.7 Å². The molecule has 0 fully saturated rings. The minimum atomic E-state index is 0.819. The molecule has 0 aliphatic carbocycles. The van der Waals surface area contributed by atoms with Crippen LogP contribution in [-0.4, -0.2) is 13.7 Å². The Bertz CT molecular complexity index is 189. The number of methoxy groups -OCH3 is 1. The third-order valence-electron chi connectivity index (χ3n) is 1.32. The highest BCUT2D eigenvalue weighted by molar-refractivity contribution is 5.45. The molecule has 0 radical (unpaired) electrons. The van der Waals surface area contributed by atoms with E-state index in [1.54, 1.807) is 7.11 Å². The van der Waals surface area contributed by atoms with E-state index in [-0.39, 0.29) is 0 Å². The van der Waals surface area contributed by atoms with Crippen LogP contribution >= 0.6 is 0 Å². The quantitative estimate of drug-likeness (QED) is 0.653. The van der Waals surface area contributed by atoms with Crippen molar-refractivity contribution in [2.24, 2.45) is 0 Å². The first-order valence-electron chi connectivity index (χ1n) is 4.01. The Balaban J connectivity index is 0.000000261. The van der Waals surface area contributed by atoms with Gasteiger partial charge in [0.05, 0.1) is 0 Å². The number of hydrogen-bond acceptors (Lipinski definition) is 1. The molecular formula is C11H16O. The Morgan fingerprint density at radius 2 is 1.83 bits per heavy atom. The highest BCUT2D eigenvalue weighted by atomic mass is 16.5. The molecule has 0 spiro atoms. The average molecular weight is 164 g/mol. The van der Waals surface area contributed by atoms with E-state index in [1.165, 1.54) is 5.56 Å². The summed E-state index contributed by atoms with van der Waals surface area (Å²) in [6.07, 6.45) is 1.83. The van der Waals surface area contributed by atoms with E-state index in [9.17, 15) is 0 Å². The van der Waals surface area contributed by atoms with Gasteiger partial charge in [0, 0.05) is 13.7 Å². The van der Waals surface area contributed by atoms with E-state index < -0.39 is 0 Å². The number of ether oxygens (including phenoxy) is 1. The predicted octanol–water partition coefficient (Wildman–Crippen LogP) is 2.98. The molecule has 1 rings (SSSR count). The van der Waals surface area contributed by atoms with Gasteiger partial charge in [-0.25, -0.2) is 0 Å². The van der Waals surface area contributed by atoms with Crippen molar-refractivity contribution in [3.8, 4) is 0 Å². The van der Waals surface area contributed by atoms with Gasteiger partial charge in [0.25, 0.3) is 0 Å². The maximum atomic E-state index is 4.54. The van der Waals surface area contributed by atoms with Crippen LogP contribution < -0.4 is 0 Å². The van der Waals surface area contributed by atoms with Crippen LogP contribution in [-0.2, 0) is 4.74 Å². The van der Waals surface area contributed by atoms with E-state index in [0.717, 1.165) is 6.61 Å². The van der Waals surface area contributed by atoms with Crippen molar-refractivity contribution in [3.05, 3.63) is 42.5 Å². The molecule has 12 heavy (non-hydrogen) atoms. The average Bonchev–Trinajstić information content (AvgIpc) is 2.19. The van der Waals surface area contributed by atoms with E-state index in [4.69, 9.17) is 0 Å². The molecule has 0 N–H and O–H groups in total. The molecule has 1 aromatic rings. The van der Waals surface area contributed by atoms with Crippen LogP contribution in [0.15, 0.2) is 36.9 Å². The summed E-state index contributed by atoms with van der Waals surface area (Å²) in [6.45, 7) is 6.41. The van der Waals surface area contributed by atoms with Gasteiger partial charge in [-0.2, -0.15) is 0 Å². The lowest BCUT2D eigenvalue weighted by Gasteiger charge is -1.85. The summed E-state index contributed by atoms with van der Waals surface area (Å²) in [7, 11) is 1.68. The first-order valence-corrected chi connectivity index (χ1v) is 4.01. The van der Waals surface area contributed by atoms with E-state index in [1.807, 2.05) is 43.3 Å². The summed E-state index contributed by atoms with van der Waals surface area (Å²) >= 11 is 0. The second kappa shape index (κ2) is 8.02. The van der Waals surface area contributed by atoms with Crippen molar-refractivity contribution in [2.45, 2.75) is 6.92 Å². The first-order chi connectivity index (χ1) is 5.85. The minimum Gasteiger partial charge on any atom is -0.385 e. The van der Waals surface area contributed by atoms with Crippen LogP contribution in [0.5, 0.6) is 0 Å². The maximum absolute atomic E-state index is 4.54.